The van der Waals surface area contributed by atoms with E-state index in [0.29, 0.717) is 22.4 Å². The van der Waals surface area contributed by atoms with Gasteiger partial charge in [-0.1, -0.05) is 66.7 Å². The van der Waals surface area contributed by atoms with E-state index >= 15 is 0 Å². The van der Waals surface area contributed by atoms with Gasteiger partial charge in [0.2, 0.25) is 0 Å². The van der Waals surface area contributed by atoms with Crippen LogP contribution in [0.25, 0.3) is 39.1 Å². The lowest BCUT2D eigenvalue weighted by atomic mass is 9.61. The summed E-state index contributed by atoms with van der Waals surface area (Å²) >= 11 is 3.60. The highest BCUT2D eigenvalue weighted by Crippen LogP contribution is 2.54. The van der Waals surface area contributed by atoms with Crippen LogP contribution in [0.1, 0.15) is 51.7 Å². The summed E-state index contributed by atoms with van der Waals surface area (Å²) in [6, 6.07) is 26.9. The maximum absolute atomic E-state index is 13.6. The minimum atomic E-state index is -0.996. The first kappa shape index (κ1) is 26.9. The standard InChI is InChI=1S/C35H26BrN5O3/c1-20-28(36)31-37-17-23-16-27(21-8-4-3-5-9-21)29(38-30(23)41(31)39-20)22-12-14-24(15-13-22)35(18-34(2,44)19-35)40-32(42)25-10-6-7-11-26(25)33(40)43/h3-17,44H,18-19H2,1-2H3. The molecule has 1 saturated carbocycles. The second-order valence-electron chi connectivity index (χ2n) is 12.0. The second-order valence-corrected chi connectivity index (χ2v) is 12.8. The first-order valence-corrected chi connectivity index (χ1v) is 15.2. The van der Waals surface area contributed by atoms with Gasteiger partial charge in [0.15, 0.2) is 11.3 Å². The molecule has 1 N–H and O–H groups in total. The Labute approximate surface area is 261 Å². The monoisotopic (exact) mass is 643 g/mol. The van der Waals surface area contributed by atoms with E-state index in [-0.39, 0.29) is 24.7 Å². The molecule has 3 aromatic heterocycles. The molecule has 1 fully saturated rings. The highest BCUT2D eigenvalue weighted by molar-refractivity contribution is 9.10. The molecule has 0 radical (unpaired) electrons. The Kier molecular flexibility index (Phi) is 5.73. The highest BCUT2D eigenvalue weighted by atomic mass is 79.9. The maximum Gasteiger partial charge on any atom is 0.262 e. The van der Waals surface area contributed by atoms with Crippen LogP contribution in [0, 0.1) is 6.92 Å². The topological polar surface area (TPSA) is 101 Å². The number of nitrogens with zero attached hydrogens (tertiary/aromatic N) is 5. The molecule has 8 nitrogen and oxygen atoms in total. The molecule has 44 heavy (non-hydrogen) atoms. The van der Waals surface area contributed by atoms with E-state index in [9.17, 15) is 14.7 Å². The molecule has 0 spiro atoms. The lowest BCUT2D eigenvalue weighted by molar-refractivity contribution is -0.118. The Morgan fingerprint density at radius 1 is 0.818 bits per heavy atom. The molecule has 2 amide bonds. The number of benzene rings is 3. The number of fused-ring (bicyclic) bond motifs is 4. The zero-order valence-electron chi connectivity index (χ0n) is 24.0. The van der Waals surface area contributed by atoms with Crippen LogP contribution in [-0.4, -0.2) is 47.0 Å². The number of carbonyl (C=O) groups excluding carboxylic acids is 2. The van der Waals surface area contributed by atoms with E-state index < -0.39 is 11.1 Å². The molecule has 1 aliphatic carbocycles. The zero-order valence-corrected chi connectivity index (χ0v) is 25.5. The lowest BCUT2D eigenvalue weighted by Crippen LogP contribution is -2.63. The average molecular weight is 645 g/mol. The van der Waals surface area contributed by atoms with E-state index in [1.165, 1.54) is 4.90 Å². The predicted octanol–water partition coefficient (Wildman–Crippen LogP) is 6.72. The van der Waals surface area contributed by atoms with Gasteiger partial charge in [-0.3, -0.25) is 14.5 Å². The molecule has 8 rings (SSSR count). The fourth-order valence-electron chi connectivity index (χ4n) is 6.94. The number of aryl methyl sites for hydroxylation is 1. The first-order chi connectivity index (χ1) is 21.2. The quantitative estimate of drug-likeness (QED) is 0.214. The fourth-order valence-corrected chi connectivity index (χ4v) is 7.29. The Morgan fingerprint density at radius 2 is 1.45 bits per heavy atom. The smallest absolute Gasteiger partial charge is 0.262 e. The van der Waals surface area contributed by atoms with Crippen LogP contribution in [0.2, 0.25) is 0 Å². The van der Waals surface area contributed by atoms with Gasteiger partial charge in [-0.15, -0.1) is 0 Å². The van der Waals surface area contributed by atoms with Gasteiger partial charge in [0.25, 0.3) is 11.8 Å². The zero-order chi connectivity index (χ0) is 30.4. The van der Waals surface area contributed by atoms with Crippen LogP contribution in [0.5, 0.6) is 0 Å². The van der Waals surface area contributed by atoms with Gasteiger partial charge < -0.3 is 5.11 Å². The van der Waals surface area contributed by atoms with Crippen molar-refractivity contribution in [1.82, 2.24) is 24.5 Å². The summed E-state index contributed by atoms with van der Waals surface area (Å²) in [4.78, 5) is 38.3. The molecule has 6 aromatic rings. The van der Waals surface area contributed by atoms with Gasteiger partial charge in [0.1, 0.15) is 0 Å². The first-order valence-electron chi connectivity index (χ1n) is 14.4. The van der Waals surface area contributed by atoms with Crippen molar-refractivity contribution in [3.8, 4) is 22.4 Å². The maximum atomic E-state index is 13.6. The normalized spacial score (nSPS) is 21.2. The largest absolute Gasteiger partial charge is 0.390 e. The number of hydrogen-bond acceptors (Lipinski definition) is 6. The van der Waals surface area contributed by atoms with Crippen molar-refractivity contribution in [2.75, 3.05) is 0 Å². The molecule has 4 heterocycles. The summed E-state index contributed by atoms with van der Waals surface area (Å²) < 4.78 is 2.59. The van der Waals surface area contributed by atoms with Crippen LogP contribution < -0.4 is 0 Å². The van der Waals surface area contributed by atoms with Crippen molar-refractivity contribution in [3.05, 3.63) is 118 Å². The molecule has 0 saturated heterocycles. The van der Waals surface area contributed by atoms with Crippen molar-refractivity contribution < 1.29 is 14.7 Å². The van der Waals surface area contributed by atoms with Crippen molar-refractivity contribution in [2.45, 2.75) is 37.8 Å². The van der Waals surface area contributed by atoms with Gasteiger partial charge in [0.05, 0.1) is 38.1 Å². The van der Waals surface area contributed by atoms with Crippen LogP contribution in [0.4, 0.5) is 0 Å². The fraction of sp³-hybridized carbons (Fsp3) is 0.171. The van der Waals surface area contributed by atoms with E-state index in [2.05, 4.69) is 44.2 Å². The highest BCUT2D eigenvalue weighted by Gasteiger charge is 2.60. The van der Waals surface area contributed by atoms with Gasteiger partial charge in [-0.2, -0.15) is 9.61 Å². The minimum absolute atomic E-state index is 0.257. The SMILES string of the molecule is Cc1nn2c(ncc3cc(-c4ccccc4)c(-c4ccc(C5(N6C(=O)c7ccccc7C6=O)CC(C)(O)C5)cc4)nc32)c1Br. The number of pyridine rings is 1. The van der Waals surface area contributed by atoms with Crippen molar-refractivity contribution in [1.29, 1.82) is 0 Å². The number of carbonyl (C=O) groups is 2. The molecule has 0 bridgehead atoms. The summed E-state index contributed by atoms with van der Waals surface area (Å²) in [5, 5.41) is 16.4. The summed E-state index contributed by atoms with van der Waals surface area (Å²) in [7, 11) is 0. The number of aromatic nitrogens is 4. The molecular weight excluding hydrogens is 618 g/mol. The van der Waals surface area contributed by atoms with Crippen LogP contribution in [0.3, 0.4) is 0 Å². The van der Waals surface area contributed by atoms with E-state index in [0.717, 1.165) is 43.5 Å². The summed E-state index contributed by atoms with van der Waals surface area (Å²) in [6.45, 7) is 3.67. The third-order valence-corrected chi connectivity index (χ3v) is 9.80. The second kappa shape index (κ2) is 9.38. The number of amides is 2. The molecule has 3 aromatic carbocycles. The van der Waals surface area contributed by atoms with Crippen molar-refractivity contribution in [3.63, 3.8) is 0 Å². The van der Waals surface area contributed by atoms with Gasteiger partial charge in [-0.25, -0.2) is 9.97 Å². The molecule has 2 aliphatic rings. The van der Waals surface area contributed by atoms with Gasteiger partial charge in [0, 0.05) is 35.6 Å². The van der Waals surface area contributed by atoms with Crippen molar-refractivity contribution in [2.24, 2.45) is 0 Å². The van der Waals surface area contributed by atoms with Gasteiger partial charge >= 0.3 is 0 Å². The number of rotatable bonds is 4. The number of imide groups is 1. The molecule has 216 valence electrons. The Balaban J connectivity index is 1.28. The minimum Gasteiger partial charge on any atom is -0.390 e. The van der Waals surface area contributed by atoms with E-state index in [1.54, 1.807) is 35.7 Å². The average Bonchev–Trinajstić information content (AvgIpc) is 3.46. The summed E-state index contributed by atoms with van der Waals surface area (Å²) in [5.74, 6) is -0.655. The molecule has 1 aliphatic heterocycles. The van der Waals surface area contributed by atoms with Crippen LogP contribution in [-0.2, 0) is 5.54 Å². The van der Waals surface area contributed by atoms with E-state index in [4.69, 9.17) is 4.98 Å². The molecule has 9 heteroatoms. The van der Waals surface area contributed by atoms with Crippen LogP contribution in [0.15, 0.2) is 95.6 Å². The number of hydrogen-bond donors (Lipinski definition) is 1. The predicted molar refractivity (Wildman–Crippen MR) is 170 cm³/mol. The number of halogens is 1. The molecule has 0 atom stereocenters. The van der Waals surface area contributed by atoms with E-state index in [1.807, 2.05) is 55.6 Å². The van der Waals surface area contributed by atoms with Gasteiger partial charge in [-0.05, 0) is 59.1 Å². The Bertz CT molecular complexity index is 2130. The van der Waals surface area contributed by atoms with Crippen LogP contribution >= 0.6 is 15.9 Å². The van der Waals surface area contributed by atoms with Crippen molar-refractivity contribution >= 4 is 44.4 Å². The molecular formula is C35H26BrN5O3. The lowest BCUT2D eigenvalue weighted by Gasteiger charge is -2.55. The Hall–Kier alpha value is -4.73. The third-order valence-electron chi connectivity index (χ3n) is 8.87. The Morgan fingerprint density at radius 3 is 2.09 bits per heavy atom. The summed E-state index contributed by atoms with van der Waals surface area (Å²) in [6.07, 6.45) is 2.33. The summed E-state index contributed by atoms with van der Waals surface area (Å²) in [5.41, 5.74) is 5.41. The number of aliphatic hydroxyl groups is 1. The molecule has 0 unspecified atom stereocenters. The third kappa shape index (κ3) is 3.82.